The lowest BCUT2D eigenvalue weighted by Gasteiger charge is -2.41. The topological polar surface area (TPSA) is 110 Å². The number of nitrogens with zero attached hydrogens (tertiary/aromatic N) is 1. The van der Waals surface area contributed by atoms with Gasteiger partial charge >= 0.3 is 5.97 Å². The van der Waals surface area contributed by atoms with Crippen molar-refractivity contribution in [2.75, 3.05) is 0 Å². The number of rotatable bonds is 4. The van der Waals surface area contributed by atoms with Gasteiger partial charge in [-0.25, -0.2) is 4.79 Å². The minimum atomic E-state index is -1.58. The Kier molecular flexibility index (Phi) is 4.05. The summed E-state index contributed by atoms with van der Waals surface area (Å²) in [5.41, 5.74) is 0.801. The SMILES string of the molecule is CC1(C)[C@H](C(=O)O)N2C(=O)[C@@H](NC(=O)Cc3ccccc3)[C@H]2[S+]1[O-]. The Morgan fingerprint density at radius 3 is 2.54 bits per heavy atom. The van der Waals surface area contributed by atoms with Gasteiger partial charge in [-0.15, -0.1) is 0 Å². The van der Waals surface area contributed by atoms with E-state index in [0.29, 0.717) is 0 Å². The highest BCUT2D eigenvalue weighted by Gasteiger charge is 2.72. The molecule has 2 heterocycles. The average molecular weight is 350 g/mol. The summed E-state index contributed by atoms with van der Waals surface area (Å²) in [5, 5.41) is 11.2. The van der Waals surface area contributed by atoms with Crippen LogP contribution in [-0.2, 0) is 32.0 Å². The van der Waals surface area contributed by atoms with Gasteiger partial charge in [-0.3, -0.25) is 14.5 Å². The number of carboxylic acids is 1. The van der Waals surface area contributed by atoms with E-state index in [1.807, 2.05) is 18.2 Å². The van der Waals surface area contributed by atoms with Crippen molar-refractivity contribution in [1.82, 2.24) is 10.2 Å². The predicted octanol–water partition coefficient (Wildman–Crippen LogP) is -0.124. The maximum Gasteiger partial charge on any atom is 0.332 e. The summed E-state index contributed by atoms with van der Waals surface area (Å²) in [6.45, 7) is 3.13. The zero-order valence-corrected chi connectivity index (χ0v) is 14.1. The molecule has 7 nitrogen and oxygen atoms in total. The quantitative estimate of drug-likeness (QED) is 0.581. The Morgan fingerprint density at radius 2 is 1.96 bits per heavy atom. The fourth-order valence-corrected chi connectivity index (χ4v) is 5.22. The summed E-state index contributed by atoms with van der Waals surface area (Å²) in [4.78, 5) is 37.0. The van der Waals surface area contributed by atoms with Crippen LogP contribution < -0.4 is 5.32 Å². The zero-order valence-electron chi connectivity index (χ0n) is 13.3. The molecule has 1 aromatic carbocycles. The van der Waals surface area contributed by atoms with Crippen molar-refractivity contribution in [3.63, 3.8) is 0 Å². The highest BCUT2D eigenvalue weighted by Crippen LogP contribution is 2.45. The van der Waals surface area contributed by atoms with Gasteiger partial charge in [0.15, 0.2) is 16.8 Å². The highest BCUT2D eigenvalue weighted by atomic mass is 32.2. The second-order valence-electron chi connectivity index (χ2n) is 6.49. The number of fused-ring (bicyclic) bond motifs is 1. The largest absolute Gasteiger partial charge is 0.614 e. The molecule has 0 bridgehead atoms. The molecule has 0 spiro atoms. The van der Waals surface area contributed by atoms with Crippen LogP contribution in [0.1, 0.15) is 19.4 Å². The van der Waals surface area contributed by atoms with Gasteiger partial charge < -0.3 is 15.0 Å². The van der Waals surface area contributed by atoms with Gasteiger partial charge in [0, 0.05) is 0 Å². The van der Waals surface area contributed by atoms with Crippen LogP contribution >= 0.6 is 0 Å². The first-order valence-corrected chi connectivity index (χ1v) is 8.75. The van der Waals surface area contributed by atoms with E-state index in [4.69, 9.17) is 0 Å². The molecular weight excluding hydrogens is 332 g/mol. The monoisotopic (exact) mass is 350 g/mol. The summed E-state index contributed by atoms with van der Waals surface area (Å²) in [5.74, 6) is -2.03. The van der Waals surface area contributed by atoms with Crippen LogP contribution in [-0.4, -0.2) is 54.5 Å². The van der Waals surface area contributed by atoms with Crippen LogP contribution in [0.15, 0.2) is 30.3 Å². The Balaban J connectivity index is 1.72. The van der Waals surface area contributed by atoms with Crippen molar-refractivity contribution < 1.29 is 24.0 Å². The molecule has 0 aliphatic carbocycles. The first-order chi connectivity index (χ1) is 11.2. The van der Waals surface area contributed by atoms with Gasteiger partial charge in [0.2, 0.25) is 11.3 Å². The minimum absolute atomic E-state index is 0.107. The summed E-state index contributed by atoms with van der Waals surface area (Å²) in [7, 11) is 0. The number of hydrogen-bond donors (Lipinski definition) is 2. The number of β-lactam (4-membered cyclic amide) rings is 1. The Hall–Kier alpha value is -2.06. The first-order valence-electron chi connectivity index (χ1n) is 7.54. The fraction of sp³-hybridized carbons (Fsp3) is 0.438. The molecule has 4 atom stereocenters. The van der Waals surface area contributed by atoms with E-state index in [2.05, 4.69) is 5.32 Å². The number of nitrogens with one attached hydrogen (secondary N) is 1. The van der Waals surface area contributed by atoms with Gasteiger partial charge in [0.05, 0.1) is 6.42 Å². The summed E-state index contributed by atoms with van der Waals surface area (Å²) < 4.78 is 11.5. The predicted molar refractivity (Wildman–Crippen MR) is 86.4 cm³/mol. The van der Waals surface area contributed by atoms with Crippen LogP contribution in [0, 0.1) is 0 Å². The van der Waals surface area contributed by atoms with E-state index in [1.165, 1.54) is 0 Å². The van der Waals surface area contributed by atoms with Crippen molar-refractivity contribution in [3.8, 4) is 0 Å². The number of carbonyl (C=O) groups excluding carboxylic acids is 2. The third-order valence-corrected chi connectivity index (χ3v) is 6.71. The van der Waals surface area contributed by atoms with Gasteiger partial charge in [-0.2, -0.15) is 0 Å². The maximum absolute atomic E-state index is 12.6. The molecule has 2 aliphatic rings. The standard InChI is InChI=1S/C16H18N2O5S/c1-16(2)12(15(21)22)18-13(20)11(14(18)24(16)23)17-10(19)8-9-6-4-3-5-7-9/h3-7,11-12,14H,8H2,1-2H3,(H,17,19)(H,21,22)/t11-,12+,14-,24?/m1/s1. The molecule has 0 aromatic heterocycles. The van der Waals surface area contributed by atoms with Crippen LogP contribution in [0.3, 0.4) is 0 Å². The lowest BCUT2D eigenvalue weighted by Crippen LogP contribution is -2.72. The third-order valence-electron chi connectivity index (χ3n) is 4.51. The van der Waals surface area contributed by atoms with Crippen LogP contribution in [0.25, 0.3) is 0 Å². The average Bonchev–Trinajstić information content (AvgIpc) is 2.71. The summed E-state index contributed by atoms with van der Waals surface area (Å²) in [6.07, 6.45) is 0.107. The van der Waals surface area contributed by atoms with Crippen molar-refractivity contribution >= 4 is 29.0 Å². The molecule has 128 valence electrons. The summed E-state index contributed by atoms with van der Waals surface area (Å²) in [6, 6.07) is 6.99. The molecule has 2 aliphatic heterocycles. The molecule has 0 radical (unpaired) electrons. The molecule has 2 amide bonds. The van der Waals surface area contributed by atoms with E-state index in [-0.39, 0.29) is 12.3 Å². The molecule has 3 rings (SSSR count). The molecule has 1 aromatic rings. The second-order valence-corrected chi connectivity index (χ2v) is 8.62. The number of carbonyl (C=O) groups is 3. The van der Waals surface area contributed by atoms with Gasteiger partial charge in [0.1, 0.15) is 0 Å². The fourth-order valence-electron chi connectivity index (χ4n) is 3.30. The molecule has 8 heteroatoms. The van der Waals surface area contributed by atoms with E-state index in [9.17, 15) is 24.0 Å². The molecule has 2 saturated heterocycles. The zero-order chi connectivity index (χ0) is 17.6. The number of amides is 2. The molecule has 1 unspecified atom stereocenters. The number of hydrogen-bond acceptors (Lipinski definition) is 4. The van der Waals surface area contributed by atoms with E-state index < -0.39 is 45.3 Å². The molecule has 2 N–H and O–H groups in total. The Morgan fingerprint density at radius 1 is 1.33 bits per heavy atom. The lowest BCUT2D eigenvalue weighted by atomic mass is 9.96. The Labute approximate surface area is 142 Å². The minimum Gasteiger partial charge on any atom is -0.614 e. The summed E-state index contributed by atoms with van der Waals surface area (Å²) >= 11 is -1.58. The molecular formula is C16H18N2O5S. The van der Waals surface area contributed by atoms with Crippen LogP contribution in [0.4, 0.5) is 0 Å². The number of benzene rings is 1. The van der Waals surface area contributed by atoms with Crippen LogP contribution in [0.5, 0.6) is 0 Å². The van der Waals surface area contributed by atoms with Gasteiger partial charge in [-0.1, -0.05) is 30.3 Å². The lowest BCUT2D eigenvalue weighted by molar-refractivity contribution is -0.161. The van der Waals surface area contributed by atoms with Gasteiger partial charge in [0.25, 0.3) is 5.91 Å². The van der Waals surface area contributed by atoms with E-state index in [1.54, 1.807) is 26.0 Å². The highest BCUT2D eigenvalue weighted by molar-refractivity contribution is 7.94. The van der Waals surface area contributed by atoms with E-state index in [0.717, 1.165) is 10.5 Å². The third kappa shape index (κ3) is 2.46. The smallest absolute Gasteiger partial charge is 0.332 e. The maximum atomic E-state index is 12.6. The molecule has 24 heavy (non-hydrogen) atoms. The van der Waals surface area contributed by atoms with Crippen molar-refractivity contribution in [1.29, 1.82) is 0 Å². The first kappa shape index (κ1) is 16.8. The second kappa shape index (κ2) is 5.78. The van der Waals surface area contributed by atoms with Crippen LogP contribution in [0.2, 0.25) is 0 Å². The Bertz CT molecular complexity index is 693. The number of aliphatic carboxylic acids is 1. The van der Waals surface area contributed by atoms with Crippen molar-refractivity contribution in [2.24, 2.45) is 0 Å². The normalized spacial score (nSPS) is 30.5. The van der Waals surface area contributed by atoms with E-state index >= 15 is 0 Å². The van der Waals surface area contributed by atoms with Crippen molar-refractivity contribution in [3.05, 3.63) is 35.9 Å². The molecule has 0 saturated carbocycles. The van der Waals surface area contributed by atoms with Crippen molar-refractivity contribution in [2.45, 2.75) is 42.5 Å². The van der Waals surface area contributed by atoms with Gasteiger partial charge in [-0.05, 0) is 30.6 Å². The molecule has 2 fully saturated rings. The number of carboxylic acid groups (broad SMARTS) is 1.